The summed E-state index contributed by atoms with van der Waals surface area (Å²) in [6.45, 7) is 0.657. The first-order chi connectivity index (χ1) is 13.9. The molecule has 0 spiro atoms. The largest absolute Gasteiger partial charge is 0.506 e. The van der Waals surface area contributed by atoms with Crippen LogP contribution in [0.3, 0.4) is 0 Å². The van der Waals surface area contributed by atoms with E-state index in [0.29, 0.717) is 18.4 Å². The summed E-state index contributed by atoms with van der Waals surface area (Å²) in [6.07, 6.45) is 0.529. The number of hydrogen-bond donors (Lipinski definition) is 3. The van der Waals surface area contributed by atoms with Crippen LogP contribution < -0.4 is 4.72 Å². The molecule has 0 saturated carbocycles. The van der Waals surface area contributed by atoms with E-state index in [1.54, 1.807) is 25.3 Å². The standard InChI is InChI=1S/C20H21N3O5S/c1-28-12-4-11-21-29(26,27)15-8-10-18(24)17(13-15)22-23-20-16-6-3-2-5-14(16)7-9-19(20)25/h2-3,5-10,13,21,24-25H,4,11-12H2,1H3. The van der Waals surface area contributed by atoms with Gasteiger partial charge in [-0.2, -0.15) is 0 Å². The Morgan fingerprint density at radius 1 is 1.00 bits per heavy atom. The highest BCUT2D eigenvalue weighted by molar-refractivity contribution is 7.89. The van der Waals surface area contributed by atoms with Crippen LogP contribution in [-0.2, 0) is 14.8 Å². The monoisotopic (exact) mass is 415 g/mol. The van der Waals surface area contributed by atoms with Crippen molar-refractivity contribution in [1.82, 2.24) is 4.72 Å². The summed E-state index contributed by atoms with van der Waals surface area (Å²) in [7, 11) is -2.23. The molecule has 3 aromatic carbocycles. The van der Waals surface area contributed by atoms with Crippen LogP contribution in [0.15, 0.2) is 69.7 Å². The molecule has 0 aliphatic heterocycles. The van der Waals surface area contributed by atoms with Gasteiger partial charge in [0.15, 0.2) is 0 Å². The maximum absolute atomic E-state index is 12.4. The zero-order valence-electron chi connectivity index (χ0n) is 15.7. The highest BCUT2D eigenvalue weighted by Gasteiger charge is 2.16. The lowest BCUT2D eigenvalue weighted by atomic mass is 10.1. The van der Waals surface area contributed by atoms with Crippen molar-refractivity contribution in [3.8, 4) is 11.5 Å². The SMILES string of the molecule is COCCCNS(=O)(=O)c1ccc(O)c(N=Nc2c(O)ccc3ccccc23)c1. The van der Waals surface area contributed by atoms with E-state index in [0.717, 1.165) is 5.39 Å². The molecule has 0 heterocycles. The second-order valence-electron chi connectivity index (χ2n) is 6.25. The molecular formula is C20H21N3O5S. The number of nitrogens with zero attached hydrogens (tertiary/aromatic N) is 2. The van der Waals surface area contributed by atoms with Gasteiger partial charge in [0.05, 0.1) is 4.90 Å². The third kappa shape index (κ3) is 4.89. The van der Waals surface area contributed by atoms with Crippen molar-refractivity contribution in [3.05, 3.63) is 54.6 Å². The first-order valence-electron chi connectivity index (χ1n) is 8.86. The Morgan fingerprint density at radius 3 is 2.55 bits per heavy atom. The quantitative estimate of drug-likeness (QED) is 0.380. The number of ether oxygens (including phenoxy) is 1. The number of hydrogen-bond acceptors (Lipinski definition) is 7. The van der Waals surface area contributed by atoms with E-state index in [1.165, 1.54) is 24.3 Å². The van der Waals surface area contributed by atoms with E-state index in [1.807, 2.05) is 12.1 Å². The van der Waals surface area contributed by atoms with Gasteiger partial charge in [0.25, 0.3) is 0 Å². The molecule has 0 aliphatic carbocycles. The maximum atomic E-state index is 12.4. The predicted molar refractivity (Wildman–Crippen MR) is 110 cm³/mol. The number of benzene rings is 3. The molecule has 8 nitrogen and oxygen atoms in total. The number of phenols is 2. The minimum atomic E-state index is -3.77. The first-order valence-corrected chi connectivity index (χ1v) is 10.3. The van der Waals surface area contributed by atoms with Gasteiger partial charge in [-0.05, 0) is 36.1 Å². The molecule has 0 aliphatic rings. The molecule has 0 atom stereocenters. The van der Waals surface area contributed by atoms with Crippen molar-refractivity contribution in [2.24, 2.45) is 10.2 Å². The van der Waals surface area contributed by atoms with Crippen LogP contribution in [0.1, 0.15) is 6.42 Å². The Labute approximate surface area is 168 Å². The molecule has 152 valence electrons. The third-order valence-corrected chi connectivity index (χ3v) is 5.67. The number of nitrogens with one attached hydrogen (secondary N) is 1. The van der Waals surface area contributed by atoms with Crippen molar-refractivity contribution < 1.29 is 23.4 Å². The molecule has 3 N–H and O–H groups in total. The second-order valence-corrected chi connectivity index (χ2v) is 8.02. The fourth-order valence-corrected chi connectivity index (χ4v) is 3.80. The van der Waals surface area contributed by atoms with Crippen LogP contribution in [-0.4, -0.2) is 38.9 Å². The summed E-state index contributed by atoms with van der Waals surface area (Å²) in [5.41, 5.74) is 0.200. The van der Waals surface area contributed by atoms with Gasteiger partial charge in [-0.25, -0.2) is 13.1 Å². The Balaban J connectivity index is 1.91. The van der Waals surface area contributed by atoms with Crippen molar-refractivity contribution in [2.45, 2.75) is 11.3 Å². The molecule has 3 rings (SSSR count). The van der Waals surface area contributed by atoms with Crippen LogP contribution in [0.4, 0.5) is 11.4 Å². The van der Waals surface area contributed by atoms with Gasteiger partial charge in [0.2, 0.25) is 10.0 Å². The molecule has 0 bridgehead atoms. The summed E-state index contributed by atoms with van der Waals surface area (Å²) >= 11 is 0. The molecule has 0 saturated heterocycles. The number of sulfonamides is 1. The molecule has 0 aromatic heterocycles. The zero-order chi connectivity index (χ0) is 20.9. The maximum Gasteiger partial charge on any atom is 0.240 e. The average Bonchev–Trinajstić information content (AvgIpc) is 2.71. The number of aromatic hydroxyl groups is 2. The van der Waals surface area contributed by atoms with E-state index in [2.05, 4.69) is 15.0 Å². The Morgan fingerprint density at radius 2 is 1.76 bits per heavy atom. The van der Waals surface area contributed by atoms with Gasteiger partial charge in [-0.1, -0.05) is 30.3 Å². The van der Waals surface area contributed by atoms with Gasteiger partial charge in [-0.3, -0.25) is 0 Å². The van der Waals surface area contributed by atoms with Crippen LogP contribution in [0.2, 0.25) is 0 Å². The lowest BCUT2D eigenvalue weighted by Crippen LogP contribution is -2.25. The molecule has 0 fully saturated rings. The molecule has 0 amide bonds. The Bertz CT molecular complexity index is 1150. The van der Waals surface area contributed by atoms with E-state index >= 15 is 0 Å². The van der Waals surface area contributed by atoms with Gasteiger partial charge in [-0.15, -0.1) is 10.2 Å². The highest BCUT2D eigenvalue weighted by Crippen LogP contribution is 2.37. The van der Waals surface area contributed by atoms with Crippen LogP contribution in [0.5, 0.6) is 11.5 Å². The number of rotatable bonds is 8. The molecular weight excluding hydrogens is 394 g/mol. The van der Waals surface area contributed by atoms with Gasteiger partial charge in [0.1, 0.15) is 22.9 Å². The minimum Gasteiger partial charge on any atom is -0.506 e. The van der Waals surface area contributed by atoms with Gasteiger partial charge >= 0.3 is 0 Å². The van der Waals surface area contributed by atoms with Crippen molar-refractivity contribution in [3.63, 3.8) is 0 Å². The van der Waals surface area contributed by atoms with Crippen molar-refractivity contribution in [2.75, 3.05) is 20.3 Å². The van der Waals surface area contributed by atoms with Crippen LogP contribution >= 0.6 is 0 Å². The number of fused-ring (bicyclic) bond motifs is 1. The number of azo groups is 1. The fourth-order valence-electron chi connectivity index (χ4n) is 2.71. The summed E-state index contributed by atoms with van der Waals surface area (Å²) in [4.78, 5) is -0.0520. The zero-order valence-corrected chi connectivity index (χ0v) is 16.6. The van der Waals surface area contributed by atoms with E-state index in [9.17, 15) is 18.6 Å². The highest BCUT2D eigenvalue weighted by atomic mass is 32.2. The minimum absolute atomic E-state index is 0.0305. The summed E-state index contributed by atoms with van der Waals surface area (Å²) in [5, 5.41) is 29.8. The van der Waals surface area contributed by atoms with Crippen LogP contribution in [0, 0.1) is 0 Å². The lowest BCUT2D eigenvalue weighted by Gasteiger charge is -2.08. The average molecular weight is 415 g/mol. The first kappa shape index (κ1) is 20.7. The normalized spacial score (nSPS) is 12.0. The lowest BCUT2D eigenvalue weighted by molar-refractivity contribution is 0.196. The van der Waals surface area contributed by atoms with E-state index < -0.39 is 10.0 Å². The molecule has 29 heavy (non-hydrogen) atoms. The summed E-state index contributed by atoms with van der Waals surface area (Å²) < 4.78 is 32.2. The molecule has 9 heteroatoms. The number of phenolic OH excluding ortho intramolecular Hbond substituents is 2. The molecule has 3 aromatic rings. The van der Waals surface area contributed by atoms with E-state index in [4.69, 9.17) is 4.74 Å². The molecule has 0 unspecified atom stereocenters. The fraction of sp³-hybridized carbons (Fsp3) is 0.200. The Hall–Kier alpha value is -3.01. The third-order valence-electron chi connectivity index (χ3n) is 4.21. The topological polar surface area (TPSA) is 121 Å². The van der Waals surface area contributed by atoms with Gasteiger partial charge in [0, 0.05) is 25.6 Å². The molecule has 0 radical (unpaired) electrons. The van der Waals surface area contributed by atoms with E-state index in [-0.39, 0.29) is 34.3 Å². The van der Waals surface area contributed by atoms with Gasteiger partial charge < -0.3 is 14.9 Å². The van der Waals surface area contributed by atoms with Crippen molar-refractivity contribution >= 4 is 32.2 Å². The Kier molecular flexibility index (Phi) is 6.42. The van der Waals surface area contributed by atoms with Crippen molar-refractivity contribution in [1.29, 1.82) is 0 Å². The van der Waals surface area contributed by atoms with Crippen LogP contribution in [0.25, 0.3) is 10.8 Å². The predicted octanol–water partition coefficient (Wildman–Crippen LogP) is 3.98. The summed E-state index contributed by atoms with van der Waals surface area (Å²) in [5.74, 6) is -0.303. The smallest absolute Gasteiger partial charge is 0.240 e. The second kappa shape index (κ2) is 8.99. The number of methoxy groups -OCH3 is 1. The summed E-state index contributed by atoms with van der Waals surface area (Å²) in [6, 6.07) is 14.3.